The number of H-pyrrole nitrogens is 1. The van der Waals surface area contributed by atoms with E-state index in [1.807, 2.05) is 0 Å². The summed E-state index contributed by atoms with van der Waals surface area (Å²) in [7, 11) is 0. The zero-order chi connectivity index (χ0) is 17.3. The maximum atomic E-state index is 12.1. The number of hydrogen-bond donors (Lipinski definition) is 2. The Kier molecular flexibility index (Phi) is 4.66. The average Bonchev–Trinajstić information content (AvgIpc) is 3.02. The van der Waals surface area contributed by atoms with Crippen LogP contribution in [-0.4, -0.2) is 49.5 Å². The predicted octanol–water partition coefficient (Wildman–Crippen LogP) is 0.463. The summed E-state index contributed by atoms with van der Waals surface area (Å²) in [4.78, 5) is 34.5. The van der Waals surface area contributed by atoms with Crippen molar-refractivity contribution in [2.45, 2.75) is 46.2 Å². The monoisotopic (exact) mass is 332 g/mol. The van der Waals surface area contributed by atoms with Crippen molar-refractivity contribution in [3.05, 3.63) is 27.9 Å². The first-order valence-electron chi connectivity index (χ1n) is 8.41. The quantitative estimate of drug-likeness (QED) is 0.829. The van der Waals surface area contributed by atoms with Crippen LogP contribution in [-0.2, 0) is 11.3 Å². The molecule has 2 aromatic heterocycles. The third-order valence-electron chi connectivity index (χ3n) is 4.45. The number of carbonyl (C=O) groups excluding carboxylic acids is 1. The Hall–Kier alpha value is -2.22. The Labute approximate surface area is 140 Å². The number of amides is 1. The Balaban J connectivity index is 1.76. The van der Waals surface area contributed by atoms with Crippen molar-refractivity contribution in [1.82, 2.24) is 29.8 Å². The first kappa shape index (κ1) is 16.6. The molecule has 1 aliphatic heterocycles. The number of rotatable bonds is 5. The van der Waals surface area contributed by atoms with Gasteiger partial charge in [0.1, 0.15) is 5.82 Å². The van der Waals surface area contributed by atoms with Crippen LogP contribution in [0, 0.1) is 12.8 Å². The van der Waals surface area contributed by atoms with Crippen molar-refractivity contribution in [3.63, 3.8) is 0 Å². The number of nitrogens with zero attached hydrogens (tertiary/aromatic N) is 4. The van der Waals surface area contributed by atoms with E-state index in [0.29, 0.717) is 29.8 Å². The fourth-order valence-corrected chi connectivity index (χ4v) is 3.52. The number of nitrogens with one attached hydrogen (secondary N) is 2. The molecule has 0 aromatic carbocycles. The molecule has 0 bridgehead atoms. The summed E-state index contributed by atoms with van der Waals surface area (Å²) in [6, 6.07) is 1.71. The molecule has 1 fully saturated rings. The van der Waals surface area contributed by atoms with Gasteiger partial charge in [0.05, 0.1) is 5.69 Å². The van der Waals surface area contributed by atoms with Gasteiger partial charge in [0.25, 0.3) is 11.3 Å². The summed E-state index contributed by atoms with van der Waals surface area (Å²) in [6.07, 6.45) is 2.17. The second-order valence-electron chi connectivity index (χ2n) is 6.58. The van der Waals surface area contributed by atoms with E-state index in [0.717, 1.165) is 25.9 Å². The van der Waals surface area contributed by atoms with Crippen LogP contribution in [0.5, 0.6) is 0 Å². The number of aromatic nitrogens is 4. The summed E-state index contributed by atoms with van der Waals surface area (Å²) >= 11 is 0. The second-order valence-corrected chi connectivity index (χ2v) is 6.58. The van der Waals surface area contributed by atoms with Crippen LogP contribution in [0.4, 0.5) is 0 Å². The van der Waals surface area contributed by atoms with Crippen molar-refractivity contribution in [2.24, 2.45) is 5.92 Å². The lowest BCUT2D eigenvalue weighted by Gasteiger charge is -2.18. The second kappa shape index (κ2) is 6.72. The first-order chi connectivity index (χ1) is 11.5. The molecule has 2 atom stereocenters. The molecule has 1 amide bonds. The first-order valence-corrected chi connectivity index (χ1v) is 8.41. The molecule has 0 spiro atoms. The molecule has 0 saturated carbocycles. The van der Waals surface area contributed by atoms with Gasteiger partial charge in [0.15, 0.2) is 0 Å². The van der Waals surface area contributed by atoms with Gasteiger partial charge < -0.3 is 5.32 Å². The summed E-state index contributed by atoms with van der Waals surface area (Å²) in [5, 5.41) is 5.92. The number of fused-ring (bicyclic) bond motifs is 1. The molecule has 0 radical (unpaired) electrons. The highest BCUT2D eigenvalue weighted by atomic mass is 16.1. The molecule has 8 heteroatoms. The van der Waals surface area contributed by atoms with Gasteiger partial charge in [-0.25, -0.2) is 4.98 Å². The SMILES string of the molecule is CCC[C@@H]1CN(Cc2cc(=O)n3[nH]c(C)nc3n2)C[C@H]1NC(C)=O. The van der Waals surface area contributed by atoms with E-state index in [2.05, 4.69) is 32.2 Å². The minimum Gasteiger partial charge on any atom is -0.352 e. The Bertz CT molecular complexity index is 795. The van der Waals surface area contributed by atoms with Crippen LogP contribution >= 0.6 is 0 Å². The molecule has 130 valence electrons. The van der Waals surface area contributed by atoms with Gasteiger partial charge in [-0.2, -0.15) is 9.50 Å². The molecule has 1 saturated heterocycles. The van der Waals surface area contributed by atoms with Crippen molar-refractivity contribution in [1.29, 1.82) is 0 Å². The van der Waals surface area contributed by atoms with Crippen molar-refractivity contribution >= 4 is 11.7 Å². The summed E-state index contributed by atoms with van der Waals surface area (Å²) in [6.45, 7) is 7.78. The normalized spacial score (nSPS) is 21.5. The minimum absolute atomic E-state index is 0.00717. The maximum Gasteiger partial charge on any atom is 0.274 e. The minimum atomic E-state index is -0.154. The van der Waals surface area contributed by atoms with E-state index >= 15 is 0 Å². The number of hydrogen-bond acceptors (Lipinski definition) is 5. The standard InChI is InChI=1S/C16H24N6O2/c1-4-5-12-7-21(9-14(12)18-11(3)23)8-13-6-15(24)22-16(19-13)17-10(2)20-22/h6,12,14H,4-5,7-9H2,1-3H3,(H,18,23)(H,17,19,20)/t12-,14-/m1/s1. The van der Waals surface area contributed by atoms with Crippen LogP contribution in [0.1, 0.15) is 38.2 Å². The molecule has 2 N–H and O–H groups in total. The van der Waals surface area contributed by atoms with Crippen LogP contribution in [0.15, 0.2) is 10.9 Å². The lowest BCUT2D eigenvalue weighted by atomic mass is 9.98. The molecule has 8 nitrogen and oxygen atoms in total. The zero-order valence-corrected chi connectivity index (χ0v) is 14.4. The Morgan fingerprint density at radius 1 is 1.42 bits per heavy atom. The lowest BCUT2D eigenvalue weighted by Crippen LogP contribution is -2.39. The van der Waals surface area contributed by atoms with Crippen LogP contribution < -0.4 is 10.9 Å². The van der Waals surface area contributed by atoms with Crippen LogP contribution in [0.2, 0.25) is 0 Å². The third kappa shape index (κ3) is 3.48. The van der Waals surface area contributed by atoms with Crippen molar-refractivity contribution in [3.8, 4) is 0 Å². The molecular formula is C16H24N6O2. The highest BCUT2D eigenvalue weighted by Gasteiger charge is 2.32. The number of likely N-dealkylation sites (tertiary alicyclic amines) is 1. The van der Waals surface area contributed by atoms with E-state index in [1.165, 1.54) is 4.52 Å². The highest BCUT2D eigenvalue weighted by molar-refractivity contribution is 5.73. The van der Waals surface area contributed by atoms with Gasteiger partial charge in [-0.15, -0.1) is 0 Å². The molecule has 0 unspecified atom stereocenters. The summed E-state index contributed by atoms with van der Waals surface area (Å²) in [5.74, 6) is 1.51. The Morgan fingerprint density at radius 3 is 2.92 bits per heavy atom. The lowest BCUT2D eigenvalue weighted by molar-refractivity contribution is -0.119. The van der Waals surface area contributed by atoms with E-state index in [1.54, 1.807) is 19.9 Å². The molecule has 1 aliphatic rings. The predicted molar refractivity (Wildman–Crippen MR) is 89.6 cm³/mol. The topological polar surface area (TPSA) is 95.4 Å². The summed E-state index contributed by atoms with van der Waals surface area (Å²) in [5.41, 5.74) is 0.559. The number of carbonyl (C=O) groups is 1. The molecule has 24 heavy (non-hydrogen) atoms. The molecular weight excluding hydrogens is 308 g/mol. The molecule has 2 aromatic rings. The Morgan fingerprint density at radius 2 is 2.21 bits per heavy atom. The molecule has 3 heterocycles. The maximum absolute atomic E-state index is 12.1. The van der Waals surface area contributed by atoms with Crippen molar-refractivity contribution in [2.75, 3.05) is 13.1 Å². The van der Waals surface area contributed by atoms with Crippen molar-refractivity contribution < 1.29 is 4.79 Å². The number of aromatic amines is 1. The average molecular weight is 332 g/mol. The smallest absolute Gasteiger partial charge is 0.274 e. The molecule has 3 rings (SSSR count). The van der Waals surface area contributed by atoms with E-state index in [-0.39, 0.29) is 17.5 Å². The molecule has 0 aliphatic carbocycles. The van der Waals surface area contributed by atoms with E-state index < -0.39 is 0 Å². The van der Waals surface area contributed by atoms with Gasteiger partial charge in [0, 0.05) is 38.7 Å². The highest BCUT2D eigenvalue weighted by Crippen LogP contribution is 2.23. The van der Waals surface area contributed by atoms with Crippen LogP contribution in [0.25, 0.3) is 5.78 Å². The van der Waals surface area contributed by atoms with Gasteiger partial charge in [-0.3, -0.25) is 19.6 Å². The fraction of sp³-hybridized carbons (Fsp3) is 0.625. The largest absolute Gasteiger partial charge is 0.352 e. The van der Waals surface area contributed by atoms with Gasteiger partial charge >= 0.3 is 0 Å². The number of aryl methyl sites for hydroxylation is 1. The summed E-state index contributed by atoms with van der Waals surface area (Å²) < 4.78 is 1.35. The van der Waals surface area contributed by atoms with Crippen LogP contribution in [0.3, 0.4) is 0 Å². The van der Waals surface area contributed by atoms with Gasteiger partial charge in [-0.05, 0) is 19.3 Å². The van der Waals surface area contributed by atoms with E-state index in [9.17, 15) is 9.59 Å². The van der Waals surface area contributed by atoms with Gasteiger partial charge in [0.2, 0.25) is 5.91 Å². The third-order valence-corrected chi connectivity index (χ3v) is 4.45. The van der Waals surface area contributed by atoms with Gasteiger partial charge in [-0.1, -0.05) is 13.3 Å². The van der Waals surface area contributed by atoms with E-state index in [4.69, 9.17) is 0 Å². The zero-order valence-electron chi connectivity index (χ0n) is 14.4. The fourth-order valence-electron chi connectivity index (χ4n) is 3.52.